The molecule has 1 amide bonds. The molecule has 1 heterocycles. The quantitative estimate of drug-likeness (QED) is 0.791. The molecule has 0 aliphatic rings. The fourth-order valence-electron chi connectivity index (χ4n) is 1.05. The van der Waals surface area contributed by atoms with E-state index in [1.54, 1.807) is 6.20 Å². The molecule has 0 saturated heterocycles. The predicted molar refractivity (Wildman–Crippen MR) is 61.5 cm³/mol. The summed E-state index contributed by atoms with van der Waals surface area (Å²) in [6.07, 6.45) is 2.73. The monoisotopic (exact) mass is 222 g/mol. The zero-order valence-electron chi connectivity index (χ0n) is 9.99. The fraction of sp³-hybridized carbons (Fsp3) is 0.500. The number of nitrogens with one attached hydrogen (secondary N) is 1. The molecule has 1 rings (SSSR count). The molecule has 0 radical (unpaired) electrons. The van der Waals surface area contributed by atoms with Crippen LogP contribution in [-0.4, -0.2) is 16.5 Å². The SMILES string of the molecule is CC(C)(C)ONC(=O)CCc1ccccn1. The first kappa shape index (κ1) is 12.6. The van der Waals surface area contributed by atoms with Crippen molar-refractivity contribution in [1.82, 2.24) is 10.5 Å². The van der Waals surface area contributed by atoms with E-state index in [9.17, 15) is 4.79 Å². The van der Waals surface area contributed by atoms with E-state index >= 15 is 0 Å². The van der Waals surface area contributed by atoms with Crippen molar-refractivity contribution in [3.8, 4) is 0 Å². The van der Waals surface area contributed by atoms with Gasteiger partial charge in [-0.15, -0.1) is 0 Å². The van der Waals surface area contributed by atoms with Crippen molar-refractivity contribution in [3.05, 3.63) is 30.1 Å². The van der Waals surface area contributed by atoms with Crippen molar-refractivity contribution in [2.45, 2.75) is 39.2 Å². The van der Waals surface area contributed by atoms with Crippen LogP contribution < -0.4 is 5.48 Å². The van der Waals surface area contributed by atoms with E-state index in [0.29, 0.717) is 12.8 Å². The summed E-state index contributed by atoms with van der Waals surface area (Å²) in [5.41, 5.74) is 2.98. The highest BCUT2D eigenvalue weighted by atomic mass is 16.7. The zero-order chi connectivity index (χ0) is 12.0. The lowest BCUT2D eigenvalue weighted by molar-refractivity contribution is -0.145. The van der Waals surface area contributed by atoms with Crippen molar-refractivity contribution in [2.75, 3.05) is 0 Å². The van der Waals surface area contributed by atoms with Crippen LogP contribution >= 0.6 is 0 Å². The van der Waals surface area contributed by atoms with Crippen molar-refractivity contribution in [1.29, 1.82) is 0 Å². The number of nitrogens with zero attached hydrogens (tertiary/aromatic N) is 1. The van der Waals surface area contributed by atoms with Gasteiger partial charge in [-0.25, -0.2) is 5.48 Å². The number of pyridine rings is 1. The van der Waals surface area contributed by atoms with E-state index in [-0.39, 0.29) is 11.5 Å². The lowest BCUT2D eigenvalue weighted by Gasteiger charge is -2.18. The van der Waals surface area contributed by atoms with Crippen molar-refractivity contribution < 1.29 is 9.63 Å². The Labute approximate surface area is 96.0 Å². The van der Waals surface area contributed by atoms with Gasteiger partial charge in [0.1, 0.15) is 0 Å². The number of hydrogen-bond donors (Lipinski definition) is 1. The van der Waals surface area contributed by atoms with Crippen LogP contribution in [0.2, 0.25) is 0 Å². The Morgan fingerprint density at radius 3 is 2.75 bits per heavy atom. The molecule has 0 aromatic carbocycles. The molecule has 4 nitrogen and oxygen atoms in total. The van der Waals surface area contributed by atoms with Crippen molar-refractivity contribution >= 4 is 5.91 Å². The third-order valence-corrected chi connectivity index (χ3v) is 1.81. The molecule has 1 aromatic heterocycles. The fourth-order valence-corrected chi connectivity index (χ4v) is 1.05. The van der Waals surface area contributed by atoms with E-state index in [0.717, 1.165) is 5.69 Å². The minimum atomic E-state index is -0.360. The second kappa shape index (κ2) is 5.61. The normalized spacial score (nSPS) is 11.2. The predicted octanol–water partition coefficient (Wildman–Crippen LogP) is 1.86. The lowest BCUT2D eigenvalue weighted by Crippen LogP contribution is -2.33. The number of aromatic nitrogens is 1. The molecule has 0 fully saturated rings. The molecule has 1 N–H and O–H groups in total. The van der Waals surface area contributed by atoms with Crippen LogP contribution in [0.5, 0.6) is 0 Å². The molecule has 4 heteroatoms. The minimum Gasteiger partial charge on any atom is -0.273 e. The summed E-state index contributed by atoms with van der Waals surface area (Å²) in [5, 5.41) is 0. The van der Waals surface area contributed by atoms with Gasteiger partial charge in [-0.3, -0.25) is 14.6 Å². The lowest BCUT2D eigenvalue weighted by atomic mass is 10.2. The largest absolute Gasteiger partial charge is 0.273 e. The third kappa shape index (κ3) is 5.46. The third-order valence-electron chi connectivity index (χ3n) is 1.81. The molecular weight excluding hydrogens is 204 g/mol. The van der Waals surface area contributed by atoms with Gasteiger partial charge in [0.15, 0.2) is 0 Å². The topological polar surface area (TPSA) is 51.2 Å². The Morgan fingerprint density at radius 1 is 1.44 bits per heavy atom. The number of hydroxylamine groups is 1. The van der Waals surface area contributed by atoms with Crippen LogP contribution in [-0.2, 0) is 16.1 Å². The smallest absolute Gasteiger partial charge is 0.243 e. The van der Waals surface area contributed by atoms with E-state index in [1.807, 2.05) is 39.0 Å². The highest BCUT2D eigenvalue weighted by molar-refractivity contribution is 5.74. The van der Waals surface area contributed by atoms with Gasteiger partial charge in [0.25, 0.3) is 0 Å². The highest BCUT2D eigenvalue weighted by Gasteiger charge is 2.12. The number of hydrogen-bond acceptors (Lipinski definition) is 3. The molecule has 0 saturated carbocycles. The second-order valence-electron chi connectivity index (χ2n) is 4.56. The summed E-state index contributed by atoms with van der Waals surface area (Å²) in [4.78, 5) is 20.7. The zero-order valence-corrected chi connectivity index (χ0v) is 9.99. The molecular formula is C12H18N2O2. The molecule has 1 aromatic rings. The van der Waals surface area contributed by atoms with Crippen LogP contribution in [0.15, 0.2) is 24.4 Å². The van der Waals surface area contributed by atoms with Crippen LogP contribution in [0.4, 0.5) is 0 Å². The Bertz CT molecular complexity index is 331. The van der Waals surface area contributed by atoms with Gasteiger partial charge in [0.2, 0.25) is 5.91 Å². The average molecular weight is 222 g/mol. The number of carbonyl (C=O) groups excluding carboxylic acids is 1. The van der Waals surface area contributed by atoms with E-state index in [4.69, 9.17) is 4.84 Å². The number of amides is 1. The van der Waals surface area contributed by atoms with Crippen LogP contribution in [0.3, 0.4) is 0 Å². The van der Waals surface area contributed by atoms with Gasteiger partial charge in [-0.2, -0.15) is 0 Å². The summed E-state index contributed by atoms with van der Waals surface area (Å²) in [7, 11) is 0. The van der Waals surface area contributed by atoms with Gasteiger partial charge in [0, 0.05) is 18.3 Å². The summed E-state index contributed by atoms with van der Waals surface area (Å²) < 4.78 is 0. The molecule has 88 valence electrons. The van der Waals surface area contributed by atoms with Gasteiger partial charge < -0.3 is 0 Å². The number of carbonyl (C=O) groups is 1. The van der Waals surface area contributed by atoms with Gasteiger partial charge in [-0.1, -0.05) is 6.07 Å². The summed E-state index contributed by atoms with van der Waals surface area (Å²) >= 11 is 0. The highest BCUT2D eigenvalue weighted by Crippen LogP contribution is 2.04. The Kier molecular flexibility index (Phi) is 4.43. The Morgan fingerprint density at radius 2 is 2.19 bits per heavy atom. The second-order valence-corrected chi connectivity index (χ2v) is 4.56. The summed E-state index contributed by atoms with van der Waals surface area (Å²) in [6, 6.07) is 5.66. The van der Waals surface area contributed by atoms with Gasteiger partial charge in [-0.05, 0) is 39.3 Å². The molecule has 0 bridgehead atoms. The van der Waals surface area contributed by atoms with E-state index in [2.05, 4.69) is 10.5 Å². The number of rotatable bonds is 4. The van der Waals surface area contributed by atoms with Gasteiger partial charge >= 0.3 is 0 Å². The van der Waals surface area contributed by atoms with E-state index in [1.165, 1.54) is 0 Å². The molecule has 0 atom stereocenters. The first-order chi connectivity index (χ1) is 7.47. The maximum atomic E-state index is 11.4. The Hall–Kier alpha value is -1.42. The number of aryl methyl sites for hydroxylation is 1. The van der Waals surface area contributed by atoms with Crippen LogP contribution in [0.1, 0.15) is 32.9 Å². The molecule has 0 spiro atoms. The van der Waals surface area contributed by atoms with Crippen molar-refractivity contribution in [3.63, 3.8) is 0 Å². The van der Waals surface area contributed by atoms with Crippen LogP contribution in [0.25, 0.3) is 0 Å². The van der Waals surface area contributed by atoms with Gasteiger partial charge in [0.05, 0.1) is 5.60 Å². The standard InChI is InChI=1S/C12H18N2O2/c1-12(2,3)16-14-11(15)8-7-10-6-4-5-9-13-10/h4-6,9H,7-8H2,1-3H3,(H,14,15). The first-order valence-corrected chi connectivity index (χ1v) is 5.34. The molecule has 16 heavy (non-hydrogen) atoms. The maximum Gasteiger partial charge on any atom is 0.243 e. The first-order valence-electron chi connectivity index (χ1n) is 5.34. The summed E-state index contributed by atoms with van der Waals surface area (Å²) in [6.45, 7) is 5.64. The van der Waals surface area contributed by atoms with E-state index < -0.39 is 0 Å². The molecule has 0 aliphatic heterocycles. The minimum absolute atomic E-state index is 0.124. The van der Waals surface area contributed by atoms with Crippen molar-refractivity contribution in [2.24, 2.45) is 0 Å². The Balaban J connectivity index is 2.26. The molecule has 0 unspecified atom stereocenters. The maximum absolute atomic E-state index is 11.4. The molecule has 0 aliphatic carbocycles. The van der Waals surface area contributed by atoms with Crippen LogP contribution in [0, 0.1) is 0 Å². The average Bonchev–Trinajstić information content (AvgIpc) is 2.24. The summed E-state index contributed by atoms with van der Waals surface area (Å²) in [5.74, 6) is -0.124.